The zero-order valence-electron chi connectivity index (χ0n) is 12.6. The summed E-state index contributed by atoms with van der Waals surface area (Å²) in [5.41, 5.74) is 0. The van der Waals surface area contributed by atoms with Crippen LogP contribution in [0.25, 0.3) is 0 Å². The minimum atomic E-state index is 0.250. The van der Waals surface area contributed by atoms with E-state index in [-0.39, 0.29) is 5.92 Å². The fourth-order valence-electron chi connectivity index (χ4n) is 3.49. The third-order valence-corrected chi connectivity index (χ3v) is 4.64. The number of hydrogen-bond acceptors (Lipinski definition) is 2. The van der Waals surface area contributed by atoms with Crippen molar-refractivity contribution in [1.29, 1.82) is 0 Å². The molecule has 0 radical (unpaired) electrons. The molecule has 2 N–H and O–H groups in total. The summed E-state index contributed by atoms with van der Waals surface area (Å²) in [7, 11) is 0. The van der Waals surface area contributed by atoms with E-state index in [0.717, 1.165) is 25.3 Å². The van der Waals surface area contributed by atoms with Gasteiger partial charge in [-0.25, -0.2) is 0 Å². The van der Waals surface area contributed by atoms with Crippen LogP contribution in [0.15, 0.2) is 0 Å². The molecule has 3 nitrogen and oxygen atoms in total. The van der Waals surface area contributed by atoms with Gasteiger partial charge in [-0.2, -0.15) is 0 Å². The molecule has 0 aromatic heterocycles. The van der Waals surface area contributed by atoms with Gasteiger partial charge in [0.05, 0.1) is 5.92 Å². The third-order valence-electron chi connectivity index (χ3n) is 4.64. The molecule has 0 aromatic rings. The summed E-state index contributed by atoms with van der Waals surface area (Å²) in [5.74, 6) is 1.37. The molecule has 3 unspecified atom stereocenters. The molecule has 0 aliphatic carbocycles. The van der Waals surface area contributed by atoms with Crippen LogP contribution in [0.5, 0.6) is 0 Å². The van der Waals surface area contributed by atoms with Crippen molar-refractivity contribution in [1.82, 2.24) is 10.6 Å². The molecule has 19 heavy (non-hydrogen) atoms. The molecule has 2 bridgehead atoms. The number of nitrogens with one attached hydrogen (secondary N) is 2. The Morgan fingerprint density at radius 2 is 2.00 bits per heavy atom. The molecule has 2 saturated heterocycles. The fourth-order valence-corrected chi connectivity index (χ4v) is 3.49. The highest BCUT2D eigenvalue weighted by molar-refractivity contribution is 5.80. The van der Waals surface area contributed by atoms with Crippen LogP contribution in [0.2, 0.25) is 0 Å². The minimum Gasteiger partial charge on any atom is -0.356 e. The molecule has 0 aromatic carbocycles. The van der Waals surface area contributed by atoms with E-state index in [0.29, 0.717) is 18.0 Å². The van der Waals surface area contributed by atoms with E-state index in [4.69, 9.17) is 0 Å². The Labute approximate surface area is 117 Å². The van der Waals surface area contributed by atoms with Crippen LogP contribution in [-0.4, -0.2) is 24.5 Å². The molecule has 2 aliphatic rings. The first kappa shape index (κ1) is 14.8. The maximum absolute atomic E-state index is 12.1. The van der Waals surface area contributed by atoms with Crippen LogP contribution < -0.4 is 10.6 Å². The van der Waals surface area contributed by atoms with Gasteiger partial charge < -0.3 is 10.6 Å². The summed E-state index contributed by atoms with van der Waals surface area (Å²) < 4.78 is 0. The summed E-state index contributed by atoms with van der Waals surface area (Å²) in [4.78, 5) is 12.1. The van der Waals surface area contributed by atoms with E-state index in [1.165, 1.54) is 38.5 Å². The van der Waals surface area contributed by atoms with Crippen molar-refractivity contribution in [2.45, 2.75) is 77.3 Å². The molecule has 2 heterocycles. The van der Waals surface area contributed by atoms with E-state index in [2.05, 4.69) is 24.5 Å². The number of carbonyl (C=O) groups is 1. The van der Waals surface area contributed by atoms with Crippen LogP contribution in [0.1, 0.15) is 65.2 Å². The van der Waals surface area contributed by atoms with E-state index in [1.807, 2.05) is 0 Å². The zero-order valence-corrected chi connectivity index (χ0v) is 12.6. The molecular weight excluding hydrogens is 236 g/mol. The number of unbranched alkanes of at least 4 members (excludes halogenated alkanes) is 3. The molecule has 2 aliphatic heterocycles. The van der Waals surface area contributed by atoms with Crippen LogP contribution in [0.4, 0.5) is 0 Å². The summed E-state index contributed by atoms with van der Waals surface area (Å²) in [6.45, 7) is 5.43. The number of hydrogen-bond donors (Lipinski definition) is 2. The average molecular weight is 266 g/mol. The number of amides is 1. The largest absolute Gasteiger partial charge is 0.356 e. The lowest BCUT2D eigenvalue weighted by Crippen LogP contribution is -2.37. The summed E-state index contributed by atoms with van der Waals surface area (Å²) >= 11 is 0. The highest BCUT2D eigenvalue weighted by Gasteiger charge is 2.42. The topological polar surface area (TPSA) is 41.1 Å². The van der Waals surface area contributed by atoms with Crippen molar-refractivity contribution >= 4 is 5.91 Å². The first-order chi connectivity index (χ1) is 9.16. The molecule has 3 atom stereocenters. The maximum atomic E-state index is 12.1. The van der Waals surface area contributed by atoms with Gasteiger partial charge in [0.25, 0.3) is 0 Å². The van der Waals surface area contributed by atoms with Gasteiger partial charge in [0.1, 0.15) is 0 Å². The van der Waals surface area contributed by atoms with Crippen molar-refractivity contribution in [2.24, 2.45) is 11.8 Å². The van der Waals surface area contributed by atoms with Crippen LogP contribution in [0, 0.1) is 11.8 Å². The number of carbonyl (C=O) groups excluding carboxylic acids is 1. The van der Waals surface area contributed by atoms with Gasteiger partial charge >= 0.3 is 0 Å². The predicted octanol–water partition coefficient (Wildman–Crippen LogP) is 2.85. The molecular formula is C16H30N2O. The number of rotatable bonds is 8. The van der Waals surface area contributed by atoms with Crippen molar-refractivity contribution < 1.29 is 4.79 Å². The Morgan fingerprint density at radius 3 is 2.63 bits per heavy atom. The van der Waals surface area contributed by atoms with E-state index >= 15 is 0 Å². The molecule has 2 fully saturated rings. The molecule has 110 valence electrons. The molecule has 0 saturated carbocycles. The Hall–Kier alpha value is -0.570. The van der Waals surface area contributed by atoms with Crippen molar-refractivity contribution in [3.05, 3.63) is 0 Å². The Balaban J connectivity index is 1.48. The lowest BCUT2D eigenvalue weighted by Gasteiger charge is -2.19. The van der Waals surface area contributed by atoms with E-state index in [1.54, 1.807) is 0 Å². The first-order valence-corrected chi connectivity index (χ1v) is 8.20. The smallest absolute Gasteiger partial charge is 0.224 e. The summed E-state index contributed by atoms with van der Waals surface area (Å²) in [5, 5.41) is 6.66. The Bertz CT molecular complexity index is 290. The molecule has 2 rings (SSSR count). The van der Waals surface area contributed by atoms with Gasteiger partial charge in [-0.3, -0.25) is 4.79 Å². The second-order valence-corrected chi connectivity index (χ2v) is 6.78. The van der Waals surface area contributed by atoms with E-state index < -0.39 is 0 Å². The first-order valence-electron chi connectivity index (χ1n) is 8.20. The zero-order chi connectivity index (χ0) is 13.7. The van der Waals surface area contributed by atoms with Gasteiger partial charge in [0.2, 0.25) is 5.91 Å². The van der Waals surface area contributed by atoms with Crippen LogP contribution in [-0.2, 0) is 4.79 Å². The number of fused-ring (bicyclic) bond motifs is 2. The summed E-state index contributed by atoms with van der Waals surface area (Å²) in [6, 6.07) is 1.09. The Morgan fingerprint density at radius 1 is 1.21 bits per heavy atom. The average Bonchev–Trinajstić information content (AvgIpc) is 2.99. The molecule has 1 amide bonds. The SMILES string of the molecule is CC(C)CCCCCCNC(=O)C1CC2CCC1N2. The second kappa shape index (κ2) is 7.28. The molecule has 3 heteroatoms. The van der Waals surface area contributed by atoms with Gasteiger partial charge in [0, 0.05) is 18.6 Å². The van der Waals surface area contributed by atoms with Gasteiger partial charge in [0.15, 0.2) is 0 Å². The third kappa shape index (κ3) is 4.48. The minimum absolute atomic E-state index is 0.250. The Kier molecular flexibility index (Phi) is 5.68. The molecule has 0 spiro atoms. The highest BCUT2D eigenvalue weighted by atomic mass is 16.1. The van der Waals surface area contributed by atoms with E-state index in [9.17, 15) is 4.79 Å². The second-order valence-electron chi connectivity index (χ2n) is 6.78. The van der Waals surface area contributed by atoms with Crippen molar-refractivity contribution in [3.8, 4) is 0 Å². The predicted molar refractivity (Wildman–Crippen MR) is 79.0 cm³/mol. The van der Waals surface area contributed by atoms with Gasteiger partial charge in [-0.1, -0.05) is 39.5 Å². The van der Waals surface area contributed by atoms with Crippen LogP contribution >= 0.6 is 0 Å². The van der Waals surface area contributed by atoms with Gasteiger partial charge in [-0.15, -0.1) is 0 Å². The van der Waals surface area contributed by atoms with Gasteiger partial charge in [-0.05, 0) is 31.6 Å². The van der Waals surface area contributed by atoms with Crippen molar-refractivity contribution in [3.63, 3.8) is 0 Å². The van der Waals surface area contributed by atoms with Crippen LogP contribution in [0.3, 0.4) is 0 Å². The lowest BCUT2D eigenvalue weighted by atomic mass is 9.88. The quantitative estimate of drug-likeness (QED) is 0.663. The van der Waals surface area contributed by atoms with Crippen molar-refractivity contribution in [2.75, 3.05) is 6.54 Å². The fraction of sp³-hybridized carbons (Fsp3) is 0.938. The maximum Gasteiger partial charge on any atom is 0.224 e. The summed E-state index contributed by atoms with van der Waals surface area (Å²) in [6.07, 6.45) is 9.89. The standard InChI is InChI=1S/C16H30N2O/c1-12(2)7-5-3-4-6-10-17-16(19)14-11-13-8-9-15(14)18-13/h12-15,18H,3-11H2,1-2H3,(H,17,19). The highest BCUT2D eigenvalue weighted by Crippen LogP contribution is 2.33. The monoisotopic (exact) mass is 266 g/mol. The lowest BCUT2D eigenvalue weighted by molar-refractivity contribution is -0.125. The normalized spacial score (nSPS) is 29.1.